The summed E-state index contributed by atoms with van der Waals surface area (Å²) in [5, 5.41) is 3.45. The van der Waals surface area contributed by atoms with E-state index in [9.17, 15) is 0 Å². The molecule has 0 bridgehead atoms. The molecule has 0 fully saturated rings. The van der Waals surface area contributed by atoms with E-state index < -0.39 is 8.07 Å². The van der Waals surface area contributed by atoms with Gasteiger partial charge in [-0.15, -0.1) is 0 Å². The molecule has 0 aromatic carbocycles. The molecule has 0 aliphatic rings. The van der Waals surface area contributed by atoms with Crippen molar-refractivity contribution >= 4 is 8.07 Å². The van der Waals surface area contributed by atoms with Crippen LogP contribution in [0.2, 0.25) is 19.6 Å². The van der Waals surface area contributed by atoms with Crippen molar-refractivity contribution in [3.8, 4) is 0 Å². The standard InChI is InChI=1S/C8H20NSi.Li/c1-5-6-7-9-8-10(2,3)4;/h9H,1,5-8H2,2-4H3;/q-1;+1. The molecule has 3 heteroatoms. The minimum Gasteiger partial charge on any atom is -0.343 e. The zero-order valence-corrected chi connectivity index (χ0v) is 9.54. The molecule has 0 aliphatic carbocycles. The average Bonchev–Trinajstić information content (AvgIpc) is 1.78. The van der Waals surface area contributed by atoms with E-state index in [0.717, 1.165) is 13.0 Å². The van der Waals surface area contributed by atoms with Crippen molar-refractivity contribution in [2.75, 3.05) is 12.7 Å². The minimum atomic E-state index is -0.839. The van der Waals surface area contributed by atoms with Crippen molar-refractivity contribution in [2.24, 2.45) is 0 Å². The third-order valence-electron chi connectivity index (χ3n) is 1.26. The van der Waals surface area contributed by atoms with Crippen LogP contribution in [0.4, 0.5) is 0 Å². The van der Waals surface area contributed by atoms with Gasteiger partial charge in [0.05, 0.1) is 8.07 Å². The Kier molecular flexibility index (Phi) is 9.66. The van der Waals surface area contributed by atoms with Gasteiger partial charge in [0.2, 0.25) is 0 Å². The van der Waals surface area contributed by atoms with Crippen molar-refractivity contribution in [1.29, 1.82) is 0 Å². The number of hydrogen-bond donors (Lipinski definition) is 1. The minimum absolute atomic E-state index is 0. The molecule has 0 spiro atoms. The van der Waals surface area contributed by atoms with Crippen LogP contribution in [0.3, 0.4) is 0 Å². The van der Waals surface area contributed by atoms with E-state index in [1.165, 1.54) is 12.6 Å². The molecule has 0 atom stereocenters. The van der Waals surface area contributed by atoms with Crippen molar-refractivity contribution < 1.29 is 18.9 Å². The zero-order chi connectivity index (χ0) is 8.04. The summed E-state index contributed by atoms with van der Waals surface area (Å²) in [6.07, 6.45) is 3.51. The molecule has 0 aromatic heterocycles. The van der Waals surface area contributed by atoms with Gasteiger partial charge in [0.1, 0.15) is 0 Å². The molecular weight excluding hydrogens is 145 g/mol. The Balaban J connectivity index is 0. The Hall–Kier alpha value is 0.774. The van der Waals surface area contributed by atoms with Gasteiger partial charge in [-0.1, -0.05) is 26.1 Å². The molecule has 0 aromatic rings. The van der Waals surface area contributed by atoms with Gasteiger partial charge < -0.3 is 12.2 Å². The Morgan fingerprint density at radius 1 is 1.27 bits per heavy atom. The van der Waals surface area contributed by atoms with Crippen LogP contribution < -0.4 is 24.2 Å². The maximum Gasteiger partial charge on any atom is 1.00 e. The van der Waals surface area contributed by atoms with Gasteiger partial charge >= 0.3 is 18.9 Å². The first kappa shape index (κ1) is 14.3. The van der Waals surface area contributed by atoms with Crippen molar-refractivity contribution in [1.82, 2.24) is 5.32 Å². The van der Waals surface area contributed by atoms with Crippen molar-refractivity contribution in [3.63, 3.8) is 0 Å². The van der Waals surface area contributed by atoms with Crippen LogP contribution in [-0.2, 0) is 0 Å². The summed E-state index contributed by atoms with van der Waals surface area (Å²) in [6, 6.07) is 0. The summed E-state index contributed by atoms with van der Waals surface area (Å²) in [6.45, 7) is 12.1. The summed E-state index contributed by atoms with van der Waals surface area (Å²) in [4.78, 5) is 0. The van der Waals surface area contributed by atoms with Gasteiger partial charge in [0.15, 0.2) is 0 Å². The summed E-state index contributed by atoms with van der Waals surface area (Å²) in [5.74, 6) is 0. The third-order valence-corrected chi connectivity index (χ3v) is 2.57. The fourth-order valence-electron chi connectivity index (χ4n) is 0.713. The quantitative estimate of drug-likeness (QED) is 0.315. The average molecular weight is 165 g/mol. The van der Waals surface area contributed by atoms with Gasteiger partial charge in [-0.25, -0.2) is 0 Å². The maximum absolute atomic E-state index is 3.79. The van der Waals surface area contributed by atoms with E-state index in [1.54, 1.807) is 0 Å². The van der Waals surface area contributed by atoms with Crippen LogP contribution in [0, 0.1) is 6.92 Å². The van der Waals surface area contributed by atoms with E-state index in [0.29, 0.717) is 0 Å². The normalized spacial score (nSPS) is 10.9. The van der Waals surface area contributed by atoms with Gasteiger partial charge in [-0.05, 0) is 12.7 Å². The Morgan fingerprint density at radius 3 is 2.18 bits per heavy atom. The smallest absolute Gasteiger partial charge is 0.343 e. The molecular formula is C8H20LiNSi. The van der Waals surface area contributed by atoms with E-state index in [4.69, 9.17) is 0 Å². The zero-order valence-electron chi connectivity index (χ0n) is 8.54. The van der Waals surface area contributed by atoms with Gasteiger partial charge in [0, 0.05) is 0 Å². The van der Waals surface area contributed by atoms with Crippen LogP contribution >= 0.6 is 0 Å². The Morgan fingerprint density at radius 2 is 1.82 bits per heavy atom. The second-order valence-electron chi connectivity index (χ2n) is 3.94. The summed E-state index contributed by atoms with van der Waals surface area (Å²) < 4.78 is 0. The SMILES string of the molecule is [CH2-]CCCNC[Si](C)(C)C.[Li+]. The number of hydrogen-bond acceptors (Lipinski definition) is 1. The molecule has 0 unspecified atom stereocenters. The molecule has 0 aliphatic heterocycles. The van der Waals surface area contributed by atoms with Crippen LogP contribution in [0.15, 0.2) is 0 Å². The van der Waals surface area contributed by atoms with Crippen molar-refractivity contribution in [3.05, 3.63) is 6.92 Å². The van der Waals surface area contributed by atoms with E-state index >= 15 is 0 Å². The van der Waals surface area contributed by atoms with Crippen LogP contribution in [0.1, 0.15) is 12.8 Å². The molecule has 1 N–H and O–H groups in total. The van der Waals surface area contributed by atoms with Crippen LogP contribution in [0.25, 0.3) is 0 Å². The van der Waals surface area contributed by atoms with E-state index in [-0.39, 0.29) is 18.9 Å². The first-order valence-corrected chi connectivity index (χ1v) is 7.77. The molecule has 0 amide bonds. The Labute approximate surface area is 84.5 Å². The largest absolute Gasteiger partial charge is 1.00 e. The predicted octanol–water partition coefficient (Wildman–Crippen LogP) is -0.928. The molecule has 62 valence electrons. The molecule has 0 saturated heterocycles. The van der Waals surface area contributed by atoms with Gasteiger partial charge in [-0.3, -0.25) is 0 Å². The topological polar surface area (TPSA) is 12.0 Å². The fourth-order valence-corrected chi connectivity index (χ4v) is 1.64. The predicted molar refractivity (Wildman–Crippen MR) is 50.8 cm³/mol. The van der Waals surface area contributed by atoms with Crippen molar-refractivity contribution in [2.45, 2.75) is 32.5 Å². The second kappa shape index (κ2) is 7.42. The molecule has 0 heterocycles. The fraction of sp³-hybridized carbons (Fsp3) is 0.875. The monoisotopic (exact) mass is 165 g/mol. The van der Waals surface area contributed by atoms with Gasteiger partial charge in [-0.2, -0.15) is 6.42 Å². The number of unbranched alkanes of at least 4 members (excludes halogenated alkanes) is 1. The molecule has 0 radical (unpaired) electrons. The number of nitrogens with one attached hydrogen (secondary N) is 1. The van der Waals surface area contributed by atoms with Gasteiger partial charge in [0.25, 0.3) is 0 Å². The Bertz CT molecular complexity index is 80.7. The molecule has 1 nitrogen and oxygen atoms in total. The third kappa shape index (κ3) is 13.7. The van der Waals surface area contributed by atoms with E-state index in [2.05, 4.69) is 31.9 Å². The summed E-state index contributed by atoms with van der Waals surface area (Å²) in [5.41, 5.74) is 0. The molecule has 0 saturated carbocycles. The molecule has 0 rings (SSSR count). The van der Waals surface area contributed by atoms with Crippen LogP contribution in [0.5, 0.6) is 0 Å². The summed E-state index contributed by atoms with van der Waals surface area (Å²) >= 11 is 0. The maximum atomic E-state index is 3.79. The second-order valence-corrected chi connectivity index (χ2v) is 9.42. The van der Waals surface area contributed by atoms with Crippen LogP contribution in [-0.4, -0.2) is 20.8 Å². The van der Waals surface area contributed by atoms with E-state index in [1.807, 2.05) is 0 Å². The number of rotatable bonds is 5. The summed E-state index contributed by atoms with van der Waals surface area (Å²) in [7, 11) is -0.839. The first-order chi connectivity index (χ1) is 4.56. The first-order valence-electron chi connectivity index (χ1n) is 4.06. The molecule has 11 heavy (non-hydrogen) atoms.